The zero-order chi connectivity index (χ0) is 29.4. The number of nitrogens with zero attached hydrogens (tertiary/aromatic N) is 1. The molecule has 210 valence electrons. The zero-order valence-electron chi connectivity index (χ0n) is 20.4. The van der Waals surface area contributed by atoms with Gasteiger partial charge >= 0.3 is 12.2 Å². The summed E-state index contributed by atoms with van der Waals surface area (Å²) in [5, 5.41) is 16.0. The van der Waals surface area contributed by atoms with Crippen molar-refractivity contribution >= 4 is 45.8 Å². The average Bonchev–Trinajstić information content (AvgIpc) is 3.40. The van der Waals surface area contributed by atoms with E-state index in [1.165, 1.54) is 24.3 Å². The van der Waals surface area contributed by atoms with Crippen LogP contribution in [0.2, 0.25) is 5.02 Å². The maximum atomic E-state index is 14.2. The number of carbonyl (C=O) groups is 2. The number of aliphatic hydroxyl groups is 1. The molecular formula is C27H16ClF5N4O4. The predicted octanol–water partition coefficient (Wildman–Crippen LogP) is 5.09. The molecule has 8 nitrogen and oxygen atoms in total. The second-order valence-corrected chi connectivity index (χ2v) is 10.0. The van der Waals surface area contributed by atoms with Crippen LogP contribution in [0, 0.1) is 11.6 Å². The number of hydrogen-bond donors (Lipinski definition) is 4. The molecule has 3 heterocycles. The van der Waals surface area contributed by atoms with Crippen molar-refractivity contribution in [2.75, 3.05) is 16.8 Å². The minimum atomic E-state index is -5.26. The largest absolute Gasteiger partial charge is 0.423 e. The first kappa shape index (κ1) is 26.7. The Morgan fingerprint density at radius 2 is 1.76 bits per heavy atom. The fraction of sp³-hybridized carbons (Fsp3) is 0.148. The molecule has 0 spiro atoms. The Balaban J connectivity index is 1.50. The van der Waals surface area contributed by atoms with Gasteiger partial charge in [-0.25, -0.2) is 13.6 Å². The van der Waals surface area contributed by atoms with Crippen molar-refractivity contribution in [1.29, 1.82) is 0 Å². The number of aromatic nitrogens is 1. The van der Waals surface area contributed by atoms with Crippen molar-refractivity contribution in [3.63, 3.8) is 0 Å². The van der Waals surface area contributed by atoms with Crippen molar-refractivity contribution in [3.8, 4) is 0 Å². The van der Waals surface area contributed by atoms with Gasteiger partial charge in [-0.15, -0.1) is 0 Å². The molecule has 0 fully saturated rings. The molecule has 4 aromatic rings. The monoisotopic (exact) mass is 590 g/mol. The van der Waals surface area contributed by atoms with Crippen LogP contribution in [-0.2, 0) is 5.60 Å². The Hall–Kier alpha value is -4.49. The standard InChI is InChI=1S/C27H16ClF5N4O4/c28-16-4-1-11(29)7-14(16)23-22-18(9-17-13(3-6-20(38)34-17)21(22)24(39)36-23)35-25(40)37-10-26(41,27(31,32)33)15-8-12(30)2-5-19(15)37/h1-9,23,41H,10H2,(H,34,38)(H,35,40)(H,36,39). The van der Waals surface area contributed by atoms with Gasteiger partial charge in [0.2, 0.25) is 11.2 Å². The highest BCUT2D eigenvalue weighted by Crippen LogP contribution is 2.49. The Morgan fingerprint density at radius 3 is 2.49 bits per heavy atom. The van der Waals surface area contributed by atoms with Crippen LogP contribution in [0.4, 0.5) is 38.1 Å². The maximum Gasteiger partial charge on any atom is 0.423 e. The molecular weight excluding hydrogens is 575 g/mol. The number of fused-ring (bicyclic) bond motifs is 4. The minimum absolute atomic E-state index is 0.00932. The number of benzene rings is 3. The van der Waals surface area contributed by atoms with Gasteiger partial charge in [0.15, 0.2) is 0 Å². The first-order valence-electron chi connectivity index (χ1n) is 11.9. The number of aromatic amines is 1. The molecule has 3 aromatic carbocycles. The Bertz CT molecular complexity index is 1860. The van der Waals surface area contributed by atoms with E-state index in [9.17, 15) is 41.4 Å². The van der Waals surface area contributed by atoms with Crippen LogP contribution < -0.4 is 21.1 Å². The number of pyridine rings is 1. The number of carbonyl (C=O) groups excluding carboxylic acids is 2. The van der Waals surface area contributed by atoms with Gasteiger partial charge in [0.25, 0.3) is 5.91 Å². The lowest BCUT2D eigenvalue weighted by Crippen LogP contribution is -2.48. The van der Waals surface area contributed by atoms with Gasteiger partial charge < -0.3 is 20.7 Å². The molecule has 4 N–H and O–H groups in total. The van der Waals surface area contributed by atoms with Gasteiger partial charge in [-0.1, -0.05) is 11.6 Å². The normalized spacial score (nSPS) is 19.7. The molecule has 3 amide bonds. The molecule has 2 aliphatic rings. The van der Waals surface area contributed by atoms with E-state index in [0.29, 0.717) is 11.0 Å². The maximum absolute atomic E-state index is 14.2. The van der Waals surface area contributed by atoms with E-state index >= 15 is 0 Å². The van der Waals surface area contributed by atoms with Crippen LogP contribution in [0.1, 0.15) is 33.1 Å². The van der Waals surface area contributed by atoms with Crippen molar-refractivity contribution in [2.45, 2.75) is 17.8 Å². The van der Waals surface area contributed by atoms with Crippen LogP contribution in [0.3, 0.4) is 0 Å². The number of amides is 3. The van der Waals surface area contributed by atoms with Crippen molar-refractivity contribution in [2.24, 2.45) is 0 Å². The number of anilines is 2. The highest BCUT2D eigenvalue weighted by atomic mass is 35.5. The SMILES string of the molecule is O=C1NC(c2cc(F)ccc2Cl)c2c(NC(=O)N3CC(O)(C(F)(F)F)c4cc(F)ccc43)cc3[nH]c(=O)ccc3c21. The van der Waals surface area contributed by atoms with E-state index in [1.807, 2.05) is 0 Å². The van der Waals surface area contributed by atoms with Gasteiger partial charge in [0.05, 0.1) is 35.0 Å². The van der Waals surface area contributed by atoms with E-state index in [2.05, 4.69) is 15.6 Å². The summed E-state index contributed by atoms with van der Waals surface area (Å²) in [5.41, 5.74) is -5.10. The van der Waals surface area contributed by atoms with Crippen LogP contribution in [0.15, 0.2) is 59.4 Å². The number of halogens is 6. The van der Waals surface area contributed by atoms with E-state index in [4.69, 9.17) is 11.6 Å². The summed E-state index contributed by atoms with van der Waals surface area (Å²) in [6, 6.07) is 7.31. The van der Waals surface area contributed by atoms with Gasteiger partial charge in [-0.2, -0.15) is 13.2 Å². The molecule has 2 aliphatic heterocycles. The van der Waals surface area contributed by atoms with Gasteiger partial charge in [0, 0.05) is 33.2 Å². The number of rotatable bonds is 2. The minimum Gasteiger partial charge on any atom is -0.375 e. The molecule has 2 atom stereocenters. The summed E-state index contributed by atoms with van der Waals surface area (Å²) in [6.07, 6.45) is -5.26. The summed E-state index contributed by atoms with van der Waals surface area (Å²) in [6.45, 7) is -1.29. The first-order valence-corrected chi connectivity index (χ1v) is 12.3. The molecule has 1 aromatic heterocycles. The summed E-state index contributed by atoms with van der Waals surface area (Å²) in [7, 11) is 0. The van der Waals surface area contributed by atoms with Crippen molar-refractivity contribution < 1.29 is 36.6 Å². The van der Waals surface area contributed by atoms with E-state index in [1.54, 1.807) is 0 Å². The second kappa shape index (κ2) is 9.01. The topological polar surface area (TPSA) is 115 Å². The molecule has 0 saturated carbocycles. The Kier molecular flexibility index (Phi) is 5.87. The van der Waals surface area contributed by atoms with E-state index < -0.39 is 64.7 Å². The second-order valence-electron chi connectivity index (χ2n) is 9.60. The number of β-amino-alcohol motifs (C(OH)–C–C–N with tert-alkyl or cyclic N) is 1. The Labute approximate surface area is 231 Å². The number of alkyl halides is 3. The van der Waals surface area contributed by atoms with Crippen LogP contribution >= 0.6 is 11.6 Å². The van der Waals surface area contributed by atoms with E-state index in [-0.39, 0.29) is 38.3 Å². The predicted molar refractivity (Wildman–Crippen MR) is 138 cm³/mol. The fourth-order valence-corrected chi connectivity index (χ4v) is 5.52. The quantitative estimate of drug-likeness (QED) is 0.243. The molecule has 6 rings (SSSR count). The first-order chi connectivity index (χ1) is 19.3. The summed E-state index contributed by atoms with van der Waals surface area (Å²) < 4.78 is 69.8. The van der Waals surface area contributed by atoms with Crippen LogP contribution in [0.25, 0.3) is 10.9 Å². The van der Waals surface area contributed by atoms with Crippen LogP contribution in [0.5, 0.6) is 0 Å². The molecule has 0 radical (unpaired) electrons. The third-order valence-electron chi connectivity index (χ3n) is 7.16. The summed E-state index contributed by atoms with van der Waals surface area (Å²) in [4.78, 5) is 41.8. The summed E-state index contributed by atoms with van der Waals surface area (Å²) in [5.74, 6) is -2.37. The van der Waals surface area contributed by atoms with Gasteiger partial charge in [-0.3, -0.25) is 14.5 Å². The highest BCUT2D eigenvalue weighted by Gasteiger charge is 2.61. The average molecular weight is 591 g/mol. The lowest BCUT2D eigenvalue weighted by atomic mass is 9.93. The van der Waals surface area contributed by atoms with Gasteiger partial charge in [0.1, 0.15) is 11.6 Å². The number of hydrogen-bond acceptors (Lipinski definition) is 4. The molecule has 0 aliphatic carbocycles. The summed E-state index contributed by atoms with van der Waals surface area (Å²) >= 11 is 6.31. The third kappa shape index (κ3) is 4.11. The number of nitrogens with one attached hydrogen (secondary N) is 3. The number of H-pyrrole nitrogens is 1. The molecule has 14 heteroatoms. The van der Waals surface area contributed by atoms with E-state index in [0.717, 1.165) is 24.3 Å². The molecule has 0 bridgehead atoms. The third-order valence-corrected chi connectivity index (χ3v) is 7.51. The Morgan fingerprint density at radius 1 is 1.05 bits per heavy atom. The molecule has 41 heavy (non-hydrogen) atoms. The smallest absolute Gasteiger partial charge is 0.375 e. The van der Waals surface area contributed by atoms with Crippen molar-refractivity contribution in [3.05, 3.63) is 104 Å². The zero-order valence-corrected chi connectivity index (χ0v) is 21.1. The lowest BCUT2D eigenvalue weighted by Gasteiger charge is -2.27. The lowest BCUT2D eigenvalue weighted by molar-refractivity contribution is -0.258. The number of urea groups is 1. The van der Waals surface area contributed by atoms with Gasteiger partial charge in [-0.05, 0) is 48.5 Å². The molecule has 0 saturated heterocycles. The van der Waals surface area contributed by atoms with Crippen molar-refractivity contribution in [1.82, 2.24) is 10.3 Å². The molecule has 2 unspecified atom stereocenters. The van der Waals surface area contributed by atoms with Crippen LogP contribution in [-0.4, -0.2) is 34.7 Å². The fourth-order valence-electron chi connectivity index (χ4n) is 5.30. The highest BCUT2D eigenvalue weighted by molar-refractivity contribution is 6.31.